The molecule has 0 saturated heterocycles. The summed E-state index contributed by atoms with van der Waals surface area (Å²) in [6, 6.07) is 8.02. The lowest BCUT2D eigenvalue weighted by Gasteiger charge is -2.13. The van der Waals surface area contributed by atoms with E-state index in [1.54, 1.807) is 7.11 Å². The molecule has 21 heavy (non-hydrogen) atoms. The number of rotatable bonds is 8. The molecule has 0 saturated carbocycles. The fourth-order valence-electron chi connectivity index (χ4n) is 1.84. The van der Waals surface area contributed by atoms with Gasteiger partial charge in [-0.2, -0.15) is 0 Å². The lowest BCUT2D eigenvalue weighted by atomic mass is 10.1. The molecule has 0 fully saturated rings. The number of methoxy groups -OCH3 is 1. The van der Waals surface area contributed by atoms with Crippen LogP contribution in [-0.4, -0.2) is 30.5 Å². The molecule has 2 N–H and O–H groups in total. The zero-order valence-corrected chi connectivity index (χ0v) is 12.9. The van der Waals surface area contributed by atoms with Crippen molar-refractivity contribution in [3.05, 3.63) is 40.7 Å². The Bertz CT molecular complexity index is 561. The van der Waals surface area contributed by atoms with E-state index in [4.69, 9.17) is 20.8 Å². The number of nitrogens with one attached hydrogen (secondary N) is 2. The highest BCUT2D eigenvalue weighted by atomic mass is 35.5. The topological polar surface area (TPSA) is 72.2 Å². The Morgan fingerprint density at radius 2 is 2.14 bits per heavy atom. The standard InChI is InChI=1S/C14H19ClN4O2/c1-10(11-5-3-4-6-12(11)15)17-14-19-18-13(21-14)9-16-7-8-20-2/h3-6,10,16H,7-9H2,1-2H3,(H,17,19). The minimum atomic E-state index is -0.0200. The highest BCUT2D eigenvalue weighted by Gasteiger charge is 2.12. The van der Waals surface area contributed by atoms with Gasteiger partial charge in [-0.3, -0.25) is 0 Å². The van der Waals surface area contributed by atoms with Gasteiger partial charge in [0.05, 0.1) is 19.2 Å². The minimum absolute atomic E-state index is 0.0200. The summed E-state index contributed by atoms with van der Waals surface area (Å²) in [5.74, 6) is 0.528. The number of benzene rings is 1. The molecular weight excluding hydrogens is 292 g/mol. The summed E-state index contributed by atoms with van der Waals surface area (Å²) in [5, 5.41) is 14.9. The maximum Gasteiger partial charge on any atom is 0.315 e. The fourth-order valence-corrected chi connectivity index (χ4v) is 2.14. The normalized spacial score (nSPS) is 12.3. The molecule has 0 amide bonds. The average molecular weight is 311 g/mol. The van der Waals surface area contributed by atoms with Crippen molar-refractivity contribution < 1.29 is 9.15 Å². The van der Waals surface area contributed by atoms with Crippen molar-refractivity contribution >= 4 is 17.6 Å². The molecular formula is C14H19ClN4O2. The number of anilines is 1. The van der Waals surface area contributed by atoms with Crippen molar-refractivity contribution in [3.8, 4) is 0 Å². The summed E-state index contributed by atoms with van der Waals surface area (Å²) < 4.78 is 10.5. The van der Waals surface area contributed by atoms with Crippen LogP contribution in [0.15, 0.2) is 28.7 Å². The van der Waals surface area contributed by atoms with Crippen LogP contribution in [0.1, 0.15) is 24.4 Å². The van der Waals surface area contributed by atoms with Crippen molar-refractivity contribution in [1.82, 2.24) is 15.5 Å². The molecule has 0 bridgehead atoms. The van der Waals surface area contributed by atoms with Crippen LogP contribution >= 0.6 is 11.6 Å². The third kappa shape index (κ3) is 4.70. The Hall–Kier alpha value is -1.63. The van der Waals surface area contributed by atoms with Gasteiger partial charge in [-0.1, -0.05) is 34.9 Å². The number of halogens is 1. The molecule has 0 aliphatic carbocycles. The van der Waals surface area contributed by atoms with Gasteiger partial charge in [0.1, 0.15) is 0 Å². The smallest absolute Gasteiger partial charge is 0.315 e. The Kier molecular flexibility index (Phi) is 5.98. The van der Waals surface area contributed by atoms with Crippen molar-refractivity contribution in [2.45, 2.75) is 19.5 Å². The molecule has 2 rings (SSSR count). The quantitative estimate of drug-likeness (QED) is 0.730. The van der Waals surface area contributed by atoms with Gasteiger partial charge in [0.15, 0.2) is 0 Å². The van der Waals surface area contributed by atoms with E-state index in [-0.39, 0.29) is 6.04 Å². The van der Waals surface area contributed by atoms with Gasteiger partial charge in [-0.15, -0.1) is 5.10 Å². The SMILES string of the molecule is COCCNCc1nnc(NC(C)c2ccccc2Cl)o1. The first-order valence-corrected chi connectivity index (χ1v) is 7.11. The fraction of sp³-hybridized carbons (Fsp3) is 0.429. The minimum Gasteiger partial charge on any atom is -0.407 e. The summed E-state index contributed by atoms with van der Waals surface area (Å²) in [6.45, 7) is 3.88. The Morgan fingerprint density at radius 3 is 2.90 bits per heavy atom. The van der Waals surface area contributed by atoms with Gasteiger partial charge in [0, 0.05) is 18.7 Å². The highest BCUT2D eigenvalue weighted by Crippen LogP contribution is 2.25. The van der Waals surface area contributed by atoms with E-state index < -0.39 is 0 Å². The zero-order valence-electron chi connectivity index (χ0n) is 12.1. The molecule has 0 aliphatic rings. The average Bonchev–Trinajstić information content (AvgIpc) is 2.91. The van der Waals surface area contributed by atoms with Gasteiger partial charge >= 0.3 is 6.01 Å². The summed E-state index contributed by atoms with van der Waals surface area (Å²) in [5.41, 5.74) is 0.983. The molecule has 2 aromatic rings. The lowest BCUT2D eigenvalue weighted by molar-refractivity contribution is 0.198. The summed E-state index contributed by atoms with van der Waals surface area (Å²) in [7, 11) is 1.66. The van der Waals surface area contributed by atoms with E-state index in [0.29, 0.717) is 30.1 Å². The van der Waals surface area contributed by atoms with E-state index in [1.165, 1.54) is 0 Å². The summed E-state index contributed by atoms with van der Waals surface area (Å²) >= 11 is 6.16. The van der Waals surface area contributed by atoms with Gasteiger partial charge in [-0.25, -0.2) is 0 Å². The molecule has 1 aromatic heterocycles. The van der Waals surface area contributed by atoms with Crippen molar-refractivity contribution in [2.24, 2.45) is 0 Å². The van der Waals surface area contributed by atoms with Crippen LogP contribution in [0.25, 0.3) is 0 Å². The Morgan fingerprint density at radius 1 is 1.33 bits per heavy atom. The van der Waals surface area contributed by atoms with Crippen molar-refractivity contribution in [3.63, 3.8) is 0 Å². The number of ether oxygens (including phenoxy) is 1. The van der Waals surface area contributed by atoms with Crippen LogP contribution < -0.4 is 10.6 Å². The second kappa shape index (κ2) is 7.97. The predicted octanol–water partition coefficient (Wildman–Crippen LogP) is 2.63. The molecule has 7 heteroatoms. The largest absolute Gasteiger partial charge is 0.407 e. The number of hydrogen-bond donors (Lipinski definition) is 2. The van der Waals surface area contributed by atoms with E-state index >= 15 is 0 Å². The summed E-state index contributed by atoms with van der Waals surface area (Å²) in [6.07, 6.45) is 0. The van der Waals surface area contributed by atoms with Crippen LogP contribution in [0.2, 0.25) is 5.02 Å². The van der Waals surface area contributed by atoms with Gasteiger partial charge in [0.2, 0.25) is 5.89 Å². The monoisotopic (exact) mass is 310 g/mol. The Labute approximate surface area is 128 Å². The van der Waals surface area contributed by atoms with E-state index in [9.17, 15) is 0 Å². The van der Waals surface area contributed by atoms with E-state index in [0.717, 1.165) is 12.1 Å². The highest BCUT2D eigenvalue weighted by molar-refractivity contribution is 6.31. The van der Waals surface area contributed by atoms with Crippen LogP contribution in [0.3, 0.4) is 0 Å². The van der Waals surface area contributed by atoms with Crippen LogP contribution in [0.4, 0.5) is 6.01 Å². The second-order valence-electron chi connectivity index (χ2n) is 4.56. The molecule has 1 aromatic carbocycles. The Balaban J connectivity index is 1.88. The van der Waals surface area contributed by atoms with Crippen LogP contribution in [0, 0.1) is 0 Å². The number of hydrogen-bond acceptors (Lipinski definition) is 6. The van der Waals surface area contributed by atoms with Gasteiger partial charge in [-0.05, 0) is 18.6 Å². The maximum absolute atomic E-state index is 6.16. The molecule has 1 unspecified atom stereocenters. The van der Waals surface area contributed by atoms with Crippen LogP contribution in [0.5, 0.6) is 0 Å². The van der Waals surface area contributed by atoms with E-state index in [1.807, 2.05) is 31.2 Å². The van der Waals surface area contributed by atoms with E-state index in [2.05, 4.69) is 20.8 Å². The first kappa shape index (κ1) is 15.8. The molecule has 0 spiro atoms. The number of nitrogens with zero attached hydrogens (tertiary/aromatic N) is 2. The first-order chi connectivity index (χ1) is 10.2. The van der Waals surface area contributed by atoms with Crippen LogP contribution in [-0.2, 0) is 11.3 Å². The second-order valence-corrected chi connectivity index (χ2v) is 4.97. The molecule has 114 valence electrons. The summed E-state index contributed by atoms with van der Waals surface area (Å²) in [4.78, 5) is 0. The zero-order chi connectivity index (χ0) is 15.1. The molecule has 0 radical (unpaired) electrons. The van der Waals surface area contributed by atoms with Gasteiger partial charge in [0.25, 0.3) is 0 Å². The first-order valence-electron chi connectivity index (χ1n) is 6.73. The molecule has 1 heterocycles. The predicted molar refractivity (Wildman–Crippen MR) is 81.4 cm³/mol. The maximum atomic E-state index is 6.16. The molecule has 6 nitrogen and oxygen atoms in total. The number of aromatic nitrogens is 2. The third-order valence-electron chi connectivity index (χ3n) is 2.94. The van der Waals surface area contributed by atoms with Crippen molar-refractivity contribution in [2.75, 3.05) is 25.6 Å². The lowest BCUT2D eigenvalue weighted by Crippen LogP contribution is -2.18. The molecule has 0 aliphatic heterocycles. The third-order valence-corrected chi connectivity index (χ3v) is 3.28. The molecule has 1 atom stereocenters. The van der Waals surface area contributed by atoms with Gasteiger partial charge < -0.3 is 19.8 Å². The van der Waals surface area contributed by atoms with Crippen molar-refractivity contribution in [1.29, 1.82) is 0 Å².